The van der Waals surface area contributed by atoms with Crippen LogP contribution < -0.4 is 0 Å². The number of hydrogen-bond donors (Lipinski definition) is 1. The van der Waals surface area contributed by atoms with Gasteiger partial charge < -0.3 is 5.11 Å². The maximum Gasteiger partial charge on any atom is 0.322 e. The molecule has 7 nitrogen and oxygen atoms in total. The second-order valence-corrected chi connectivity index (χ2v) is 10.2. The van der Waals surface area contributed by atoms with Gasteiger partial charge in [-0.2, -0.15) is 4.31 Å². The third kappa shape index (κ3) is 3.75. The summed E-state index contributed by atoms with van der Waals surface area (Å²) >= 11 is 0. The number of rotatable bonds is 3. The van der Waals surface area contributed by atoms with Crippen LogP contribution in [0.25, 0.3) is 0 Å². The van der Waals surface area contributed by atoms with Crippen LogP contribution in [-0.4, -0.2) is 61.6 Å². The second kappa shape index (κ2) is 6.21. The lowest BCUT2D eigenvalue weighted by atomic mass is 10.1. The van der Waals surface area contributed by atoms with Crippen molar-refractivity contribution in [2.24, 2.45) is 0 Å². The van der Waals surface area contributed by atoms with E-state index in [1.54, 1.807) is 0 Å². The Bertz CT molecular complexity index is 583. The quantitative estimate of drug-likeness (QED) is 0.788. The Hall–Kier alpha value is -0.670. The van der Waals surface area contributed by atoms with Crippen molar-refractivity contribution in [3.63, 3.8) is 0 Å². The Morgan fingerprint density at radius 3 is 2.24 bits per heavy atom. The van der Waals surface area contributed by atoms with Gasteiger partial charge in [-0.15, -0.1) is 0 Å². The van der Waals surface area contributed by atoms with E-state index in [4.69, 9.17) is 0 Å². The van der Waals surface area contributed by atoms with E-state index in [0.717, 1.165) is 10.7 Å². The molecule has 0 aliphatic carbocycles. The predicted octanol–water partition coefficient (Wildman–Crippen LogP) is 0.223. The molecule has 1 N–H and O–H groups in total. The van der Waals surface area contributed by atoms with Crippen LogP contribution >= 0.6 is 0 Å². The molecule has 0 saturated carbocycles. The van der Waals surface area contributed by atoms with Crippen LogP contribution in [-0.2, 0) is 24.7 Å². The fourth-order valence-electron chi connectivity index (χ4n) is 2.99. The van der Waals surface area contributed by atoms with Crippen LogP contribution in [0, 0.1) is 0 Å². The average molecular weight is 339 g/mol. The van der Waals surface area contributed by atoms with Gasteiger partial charge in [0.05, 0.1) is 16.8 Å². The molecule has 9 heteroatoms. The Balaban J connectivity index is 2.22. The number of hydrogen-bond acceptors (Lipinski definition) is 5. The van der Waals surface area contributed by atoms with Crippen molar-refractivity contribution in [1.29, 1.82) is 0 Å². The number of sulfonamides is 1. The van der Waals surface area contributed by atoms with Gasteiger partial charge in [0.25, 0.3) is 0 Å². The van der Waals surface area contributed by atoms with Gasteiger partial charge in [0.1, 0.15) is 15.9 Å². The molecule has 2 saturated heterocycles. The van der Waals surface area contributed by atoms with E-state index in [1.807, 2.05) is 0 Å². The highest BCUT2D eigenvalue weighted by atomic mass is 32.2. The van der Waals surface area contributed by atoms with Gasteiger partial charge in [-0.1, -0.05) is 12.8 Å². The summed E-state index contributed by atoms with van der Waals surface area (Å²) in [4.78, 5) is 11.3. The summed E-state index contributed by atoms with van der Waals surface area (Å²) < 4.78 is 49.3. The van der Waals surface area contributed by atoms with Gasteiger partial charge in [0.15, 0.2) is 0 Å². The third-order valence-electron chi connectivity index (χ3n) is 4.24. The topological polar surface area (TPSA) is 109 Å². The van der Waals surface area contributed by atoms with Crippen molar-refractivity contribution in [1.82, 2.24) is 4.31 Å². The van der Waals surface area contributed by atoms with E-state index in [9.17, 15) is 26.7 Å². The number of carboxylic acids is 1. The third-order valence-corrected chi connectivity index (χ3v) is 8.36. The number of aliphatic carboxylic acids is 1. The summed E-state index contributed by atoms with van der Waals surface area (Å²) in [5.74, 6) is -1.39. The first kappa shape index (κ1) is 16.7. The Labute approximate surface area is 125 Å². The van der Waals surface area contributed by atoms with E-state index in [1.165, 1.54) is 0 Å². The molecule has 21 heavy (non-hydrogen) atoms. The van der Waals surface area contributed by atoms with E-state index < -0.39 is 37.1 Å². The molecule has 2 heterocycles. The van der Waals surface area contributed by atoms with Crippen LogP contribution in [0.3, 0.4) is 0 Å². The van der Waals surface area contributed by atoms with Crippen molar-refractivity contribution in [2.45, 2.75) is 49.8 Å². The van der Waals surface area contributed by atoms with Crippen molar-refractivity contribution in [3.05, 3.63) is 0 Å². The molecule has 1 atom stereocenters. The highest BCUT2D eigenvalue weighted by Gasteiger charge is 2.42. The molecule has 0 aromatic heterocycles. The van der Waals surface area contributed by atoms with E-state index in [2.05, 4.69) is 0 Å². The number of sulfone groups is 1. The molecule has 2 rings (SSSR count). The summed E-state index contributed by atoms with van der Waals surface area (Å²) in [5, 5.41) is 8.50. The summed E-state index contributed by atoms with van der Waals surface area (Å²) in [6.45, 7) is 0.211. The molecule has 0 aromatic rings. The molecular formula is C12H21NO6S2. The normalized spacial score (nSPS) is 28.9. The van der Waals surface area contributed by atoms with Gasteiger partial charge in [0, 0.05) is 6.54 Å². The molecule has 122 valence electrons. The zero-order valence-electron chi connectivity index (χ0n) is 11.8. The molecule has 0 aromatic carbocycles. The van der Waals surface area contributed by atoms with Crippen LogP contribution in [0.15, 0.2) is 0 Å². The zero-order chi connectivity index (χ0) is 15.7. The highest BCUT2D eigenvalue weighted by molar-refractivity contribution is 7.92. The maximum absolute atomic E-state index is 12.7. The minimum atomic E-state index is -3.76. The Kier molecular flexibility index (Phi) is 4.94. The van der Waals surface area contributed by atoms with Crippen LogP contribution in [0.2, 0.25) is 0 Å². The summed E-state index contributed by atoms with van der Waals surface area (Å²) in [6.07, 6.45) is 2.60. The van der Waals surface area contributed by atoms with Crippen molar-refractivity contribution < 1.29 is 26.7 Å². The fraction of sp³-hybridized carbons (Fsp3) is 0.917. The molecule has 2 aliphatic heterocycles. The van der Waals surface area contributed by atoms with Gasteiger partial charge in [-0.05, 0) is 25.7 Å². The Morgan fingerprint density at radius 2 is 1.67 bits per heavy atom. The minimum Gasteiger partial charge on any atom is -0.480 e. The molecule has 2 fully saturated rings. The van der Waals surface area contributed by atoms with E-state index in [-0.39, 0.29) is 30.9 Å². The van der Waals surface area contributed by atoms with Gasteiger partial charge >= 0.3 is 5.97 Å². The Morgan fingerprint density at radius 1 is 1.05 bits per heavy atom. The van der Waals surface area contributed by atoms with Gasteiger partial charge in [0.2, 0.25) is 10.0 Å². The first-order valence-corrected chi connectivity index (χ1v) is 10.5. The number of carboxylic acid groups (broad SMARTS) is 1. The summed E-state index contributed by atoms with van der Waals surface area (Å²) in [6, 6.07) is -1.02. The standard InChI is InChI=1S/C12H21NO6S2/c14-12(15)11-4-2-1-3-7-13(11)21(18,19)10-5-8-20(16,17)9-6-10/h10-11H,1-9H2,(H,14,15). The molecule has 0 radical (unpaired) electrons. The summed E-state index contributed by atoms with van der Waals surface area (Å²) in [7, 11) is -6.91. The molecule has 0 amide bonds. The average Bonchev–Trinajstić information content (AvgIpc) is 2.64. The summed E-state index contributed by atoms with van der Waals surface area (Å²) in [5.41, 5.74) is 0. The van der Waals surface area contributed by atoms with Gasteiger partial charge in [-0.3, -0.25) is 4.79 Å². The SMILES string of the molecule is O=C(O)C1CCCCCN1S(=O)(=O)C1CCS(=O)(=O)CC1. The zero-order valence-corrected chi connectivity index (χ0v) is 13.4. The van der Waals surface area contributed by atoms with Crippen molar-refractivity contribution >= 4 is 25.8 Å². The smallest absolute Gasteiger partial charge is 0.322 e. The van der Waals surface area contributed by atoms with Crippen LogP contribution in [0.5, 0.6) is 0 Å². The molecule has 0 spiro atoms. The number of carbonyl (C=O) groups is 1. The van der Waals surface area contributed by atoms with E-state index >= 15 is 0 Å². The highest BCUT2D eigenvalue weighted by Crippen LogP contribution is 2.27. The van der Waals surface area contributed by atoms with Crippen LogP contribution in [0.1, 0.15) is 38.5 Å². The van der Waals surface area contributed by atoms with Gasteiger partial charge in [-0.25, -0.2) is 16.8 Å². The molecular weight excluding hydrogens is 318 g/mol. The minimum absolute atomic E-state index is 0.0630. The van der Waals surface area contributed by atoms with Crippen molar-refractivity contribution in [2.75, 3.05) is 18.1 Å². The lowest BCUT2D eigenvalue weighted by Crippen LogP contribution is -2.49. The largest absolute Gasteiger partial charge is 0.480 e. The van der Waals surface area contributed by atoms with Crippen LogP contribution in [0.4, 0.5) is 0 Å². The molecule has 2 aliphatic rings. The first-order valence-electron chi connectivity index (χ1n) is 7.18. The fourth-order valence-corrected chi connectivity index (χ4v) is 6.93. The van der Waals surface area contributed by atoms with Crippen molar-refractivity contribution in [3.8, 4) is 0 Å². The first-order chi connectivity index (χ1) is 9.74. The lowest BCUT2D eigenvalue weighted by molar-refractivity contribution is -0.141. The number of nitrogens with zero attached hydrogens (tertiary/aromatic N) is 1. The lowest BCUT2D eigenvalue weighted by Gasteiger charge is -2.32. The second-order valence-electron chi connectivity index (χ2n) is 5.71. The maximum atomic E-state index is 12.7. The molecule has 0 bridgehead atoms. The monoisotopic (exact) mass is 339 g/mol. The van der Waals surface area contributed by atoms with E-state index in [0.29, 0.717) is 19.3 Å². The molecule has 1 unspecified atom stereocenters. The predicted molar refractivity (Wildman–Crippen MR) is 77.2 cm³/mol.